The molecule has 0 unspecified atom stereocenters. The van der Waals surface area contributed by atoms with E-state index in [0.29, 0.717) is 6.54 Å². The number of sulfonamides is 1. The van der Waals surface area contributed by atoms with Gasteiger partial charge in [0.15, 0.2) is 0 Å². The van der Waals surface area contributed by atoms with E-state index < -0.39 is 10.0 Å². The molecule has 1 amide bonds. The lowest BCUT2D eigenvalue weighted by Crippen LogP contribution is -2.37. The van der Waals surface area contributed by atoms with Gasteiger partial charge in [0, 0.05) is 39.3 Å². The van der Waals surface area contributed by atoms with E-state index in [1.165, 1.54) is 4.31 Å². The molecule has 0 aliphatic carbocycles. The third-order valence-corrected chi connectivity index (χ3v) is 6.35. The summed E-state index contributed by atoms with van der Waals surface area (Å²) in [6.07, 6.45) is 3.56. The van der Waals surface area contributed by atoms with Gasteiger partial charge in [-0.05, 0) is 11.0 Å². The summed E-state index contributed by atoms with van der Waals surface area (Å²) in [5.41, 5.74) is 0.572. The molecule has 1 aliphatic rings. The highest BCUT2D eigenvalue weighted by Crippen LogP contribution is 2.35. The third-order valence-electron chi connectivity index (χ3n) is 4.03. The molecule has 0 spiro atoms. The molecule has 1 aromatic rings. The fraction of sp³-hybridized carbons (Fsp3) is 0.733. The van der Waals surface area contributed by atoms with Gasteiger partial charge >= 0.3 is 0 Å². The summed E-state index contributed by atoms with van der Waals surface area (Å²) >= 11 is 0. The Morgan fingerprint density at radius 2 is 2.04 bits per heavy atom. The van der Waals surface area contributed by atoms with Crippen LogP contribution in [0.25, 0.3) is 0 Å². The fourth-order valence-electron chi connectivity index (χ4n) is 3.05. The Morgan fingerprint density at radius 1 is 1.39 bits per heavy atom. The first kappa shape index (κ1) is 17.9. The molecule has 2 atom stereocenters. The maximum atomic E-state index is 12.7. The molecule has 23 heavy (non-hydrogen) atoms. The minimum Gasteiger partial charge on any atom is -0.359 e. The highest BCUT2D eigenvalue weighted by molar-refractivity contribution is 7.89. The molecule has 0 aromatic carbocycles. The summed E-state index contributed by atoms with van der Waals surface area (Å²) < 4.78 is 28.4. The zero-order valence-corrected chi connectivity index (χ0v) is 15.2. The highest BCUT2D eigenvalue weighted by atomic mass is 32.2. The molecule has 2 heterocycles. The fourth-order valence-corrected chi connectivity index (χ4v) is 5.11. The van der Waals surface area contributed by atoms with E-state index in [2.05, 4.69) is 10.4 Å². The summed E-state index contributed by atoms with van der Waals surface area (Å²) in [6, 6.07) is 0. The molecular formula is C15H26N4O3S. The van der Waals surface area contributed by atoms with E-state index in [4.69, 9.17) is 0 Å². The van der Waals surface area contributed by atoms with Crippen molar-refractivity contribution in [2.75, 3.05) is 25.9 Å². The van der Waals surface area contributed by atoms with Crippen LogP contribution >= 0.6 is 0 Å². The van der Waals surface area contributed by atoms with Gasteiger partial charge in [-0.1, -0.05) is 20.8 Å². The lowest BCUT2D eigenvalue weighted by atomic mass is 9.90. The number of aromatic nitrogens is 2. The van der Waals surface area contributed by atoms with Crippen molar-refractivity contribution >= 4 is 15.9 Å². The van der Waals surface area contributed by atoms with Gasteiger partial charge in [0.1, 0.15) is 0 Å². The predicted molar refractivity (Wildman–Crippen MR) is 88.3 cm³/mol. The van der Waals surface area contributed by atoms with Crippen LogP contribution in [-0.4, -0.2) is 54.3 Å². The van der Waals surface area contributed by atoms with Crippen molar-refractivity contribution in [2.24, 2.45) is 18.4 Å². The average molecular weight is 342 g/mol. The lowest BCUT2D eigenvalue weighted by Gasteiger charge is -2.23. The molecule has 1 saturated heterocycles. The molecule has 0 radical (unpaired) electrons. The van der Waals surface area contributed by atoms with Gasteiger partial charge in [-0.25, -0.2) is 12.7 Å². The molecule has 1 aromatic heterocycles. The van der Waals surface area contributed by atoms with Crippen molar-refractivity contribution in [2.45, 2.75) is 26.7 Å². The second-order valence-corrected chi connectivity index (χ2v) is 9.38. The van der Waals surface area contributed by atoms with Crippen LogP contribution in [0.15, 0.2) is 12.4 Å². The van der Waals surface area contributed by atoms with Crippen LogP contribution in [0.1, 0.15) is 32.3 Å². The van der Waals surface area contributed by atoms with Crippen LogP contribution in [-0.2, 0) is 21.9 Å². The smallest absolute Gasteiger partial charge is 0.224 e. The number of amides is 1. The van der Waals surface area contributed by atoms with Crippen molar-refractivity contribution in [3.8, 4) is 0 Å². The molecule has 2 rings (SSSR count). The van der Waals surface area contributed by atoms with E-state index in [-0.39, 0.29) is 35.5 Å². The number of aryl methyl sites for hydroxylation is 1. The van der Waals surface area contributed by atoms with E-state index in [9.17, 15) is 13.2 Å². The number of carbonyl (C=O) groups excluding carboxylic acids is 1. The van der Waals surface area contributed by atoms with Crippen LogP contribution in [0, 0.1) is 11.3 Å². The van der Waals surface area contributed by atoms with Crippen LogP contribution in [0.2, 0.25) is 0 Å². The van der Waals surface area contributed by atoms with E-state index in [0.717, 1.165) is 5.56 Å². The van der Waals surface area contributed by atoms with Crippen LogP contribution in [0.3, 0.4) is 0 Å². The average Bonchev–Trinajstić information content (AvgIpc) is 3.01. The molecule has 1 fully saturated rings. The third kappa shape index (κ3) is 4.11. The maximum absolute atomic E-state index is 12.7. The van der Waals surface area contributed by atoms with E-state index >= 15 is 0 Å². The van der Waals surface area contributed by atoms with Crippen molar-refractivity contribution in [1.82, 2.24) is 19.4 Å². The monoisotopic (exact) mass is 342 g/mol. The zero-order valence-electron chi connectivity index (χ0n) is 14.4. The lowest BCUT2D eigenvalue weighted by molar-refractivity contribution is -0.124. The molecular weight excluding hydrogens is 316 g/mol. The molecule has 8 heteroatoms. The SMILES string of the molecule is CNC(=O)[C@H]1CN(S(=O)(=O)CC(C)(C)C)C[C@@H]1c1cnn(C)c1. The van der Waals surface area contributed by atoms with Gasteiger partial charge in [0.05, 0.1) is 17.9 Å². The Kier molecular flexibility index (Phi) is 4.86. The number of rotatable bonds is 4. The first-order valence-electron chi connectivity index (χ1n) is 7.71. The van der Waals surface area contributed by atoms with Crippen LogP contribution in [0.4, 0.5) is 0 Å². The Bertz CT molecular complexity index is 675. The highest BCUT2D eigenvalue weighted by Gasteiger charge is 2.43. The molecule has 0 bridgehead atoms. The maximum Gasteiger partial charge on any atom is 0.224 e. The van der Waals surface area contributed by atoms with Crippen LogP contribution < -0.4 is 5.32 Å². The van der Waals surface area contributed by atoms with Gasteiger partial charge in [-0.15, -0.1) is 0 Å². The summed E-state index contributed by atoms with van der Waals surface area (Å²) in [4.78, 5) is 12.2. The van der Waals surface area contributed by atoms with Gasteiger partial charge in [-0.3, -0.25) is 9.48 Å². The number of hydrogen-bond donors (Lipinski definition) is 1. The van der Waals surface area contributed by atoms with Crippen molar-refractivity contribution < 1.29 is 13.2 Å². The molecule has 7 nitrogen and oxygen atoms in total. The Labute approximate surface area is 138 Å². The van der Waals surface area contributed by atoms with Crippen molar-refractivity contribution in [3.63, 3.8) is 0 Å². The first-order chi connectivity index (χ1) is 10.5. The van der Waals surface area contributed by atoms with E-state index in [1.54, 1.807) is 17.9 Å². The predicted octanol–water partition coefficient (Wildman–Crippen LogP) is 0.557. The number of hydrogen-bond acceptors (Lipinski definition) is 4. The Morgan fingerprint density at radius 3 is 2.52 bits per heavy atom. The largest absolute Gasteiger partial charge is 0.359 e. The molecule has 1 aliphatic heterocycles. The number of carbonyl (C=O) groups is 1. The van der Waals surface area contributed by atoms with Gasteiger partial charge in [0.2, 0.25) is 15.9 Å². The van der Waals surface area contributed by atoms with Gasteiger partial charge < -0.3 is 5.32 Å². The zero-order chi connectivity index (χ0) is 17.4. The number of nitrogens with one attached hydrogen (secondary N) is 1. The summed E-state index contributed by atoms with van der Waals surface area (Å²) in [6.45, 7) is 6.24. The first-order valence-corrected chi connectivity index (χ1v) is 9.32. The quantitative estimate of drug-likeness (QED) is 0.866. The normalized spacial score (nSPS) is 23.2. The topological polar surface area (TPSA) is 84.3 Å². The summed E-state index contributed by atoms with van der Waals surface area (Å²) in [5.74, 6) is -0.620. The molecule has 1 N–H and O–H groups in total. The van der Waals surface area contributed by atoms with E-state index in [1.807, 2.05) is 34.0 Å². The van der Waals surface area contributed by atoms with Crippen LogP contribution in [0.5, 0.6) is 0 Å². The Hall–Kier alpha value is -1.41. The Balaban J connectivity index is 2.28. The molecule has 0 saturated carbocycles. The molecule has 130 valence electrons. The second-order valence-electron chi connectivity index (χ2n) is 7.41. The number of nitrogens with zero attached hydrogens (tertiary/aromatic N) is 3. The van der Waals surface area contributed by atoms with Gasteiger partial charge in [-0.2, -0.15) is 5.10 Å². The summed E-state index contributed by atoms with van der Waals surface area (Å²) in [5, 5.41) is 6.79. The van der Waals surface area contributed by atoms with Gasteiger partial charge in [0.25, 0.3) is 0 Å². The minimum absolute atomic E-state index is 0.0697. The minimum atomic E-state index is -3.40. The summed E-state index contributed by atoms with van der Waals surface area (Å²) in [7, 11) is -0.0150. The van der Waals surface area contributed by atoms with Crippen molar-refractivity contribution in [3.05, 3.63) is 18.0 Å². The van der Waals surface area contributed by atoms with Crippen molar-refractivity contribution in [1.29, 1.82) is 0 Å². The standard InChI is InChI=1S/C15H26N4O3S/c1-15(2,3)10-23(21,22)19-8-12(11-6-17-18(5)7-11)13(9-19)14(20)16-4/h6-7,12-13H,8-10H2,1-5H3,(H,16,20)/t12-,13+/m1/s1. The second kappa shape index (κ2) is 6.24.